The van der Waals surface area contributed by atoms with E-state index in [1.165, 1.54) is 10.4 Å². The van der Waals surface area contributed by atoms with Crippen molar-refractivity contribution in [3.05, 3.63) is 95.6 Å². The van der Waals surface area contributed by atoms with E-state index in [-0.39, 0.29) is 5.78 Å². The van der Waals surface area contributed by atoms with Crippen molar-refractivity contribution in [2.75, 3.05) is 0 Å². The van der Waals surface area contributed by atoms with Crippen LogP contribution in [0.2, 0.25) is 13.1 Å². The molecular formula is C22H22OSi. The van der Waals surface area contributed by atoms with Crippen molar-refractivity contribution in [1.82, 2.24) is 0 Å². The Hall–Kier alpha value is -2.45. The lowest BCUT2D eigenvalue weighted by Gasteiger charge is -2.23. The Balaban J connectivity index is 1.91. The van der Waals surface area contributed by atoms with Crippen LogP contribution in [-0.2, 0) is 0 Å². The second kappa shape index (κ2) is 6.58. The molecule has 0 saturated carbocycles. The fourth-order valence-electron chi connectivity index (χ4n) is 3.04. The lowest BCUT2D eigenvalue weighted by atomic mass is 9.99. The largest absolute Gasteiger partial charge is 0.289 e. The van der Waals surface area contributed by atoms with E-state index in [4.69, 9.17) is 0 Å². The molecule has 0 aliphatic carbocycles. The molecule has 0 atom stereocenters. The lowest BCUT2D eigenvalue weighted by Crippen LogP contribution is -2.52. The molecule has 0 fully saturated rings. The summed E-state index contributed by atoms with van der Waals surface area (Å²) < 4.78 is 0. The van der Waals surface area contributed by atoms with Crippen LogP contribution in [0.4, 0.5) is 0 Å². The monoisotopic (exact) mass is 330 g/mol. The molecule has 0 spiro atoms. The van der Waals surface area contributed by atoms with Gasteiger partial charge in [0.05, 0.1) is 0 Å². The molecule has 0 unspecified atom stereocenters. The van der Waals surface area contributed by atoms with E-state index in [2.05, 4.69) is 55.6 Å². The molecule has 24 heavy (non-hydrogen) atoms. The Morgan fingerprint density at radius 2 is 1.25 bits per heavy atom. The third-order valence-corrected chi connectivity index (χ3v) is 8.31. The van der Waals surface area contributed by atoms with Gasteiger partial charge in [-0.15, -0.1) is 0 Å². The Morgan fingerprint density at radius 1 is 0.708 bits per heavy atom. The van der Waals surface area contributed by atoms with Gasteiger partial charge in [-0.25, -0.2) is 0 Å². The molecule has 3 aromatic rings. The van der Waals surface area contributed by atoms with Crippen molar-refractivity contribution in [3.63, 3.8) is 0 Å². The highest BCUT2D eigenvalue weighted by molar-refractivity contribution is 7.00. The number of aryl methyl sites for hydroxylation is 1. The maximum absolute atomic E-state index is 12.7. The molecule has 0 amide bonds. The van der Waals surface area contributed by atoms with Crippen molar-refractivity contribution in [3.8, 4) is 0 Å². The van der Waals surface area contributed by atoms with E-state index in [0.717, 1.165) is 16.7 Å². The quantitative estimate of drug-likeness (QED) is 0.521. The first-order chi connectivity index (χ1) is 11.5. The van der Waals surface area contributed by atoms with Crippen molar-refractivity contribution >= 4 is 24.2 Å². The molecular weight excluding hydrogens is 308 g/mol. The third kappa shape index (κ3) is 3.10. The Bertz CT molecular complexity index is 849. The SMILES string of the molecule is Cc1ccccc1C(=O)c1ccc([Si](C)(C)c2ccccc2)cc1. The number of hydrogen-bond donors (Lipinski definition) is 0. The standard InChI is InChI=1S/C22H22OSi/c1-17-9-7-8-12-21(17)22(23)18-13-15-20(16-14-18)24(2,3)19-10-5-4-6-11-19/h4-16H,1-3H3. The smallest absolute Gasteiger partial charge is 0.193 e. The number of rotatable bonds is 4. The second-order valence-corrected chi connectivity index (χ2v) is 11.1. The van der Waals surface area contributed by atoms with Crippen LogP contribution in [0.3, 0.4) is 0 Å². The van der Waals surface area contributed by atoms with Gasteiger partial charge in [-0.1, -0.05) is 102 Å². The molecule has 0 aliphatic heterocycles. The zero-order valence-electron chi connectivity index (χ0n) is 14.4. The maximum Gasteiger partial charge on any atom is 0.193 e. The van der Waals surface area contributed by atoms with Gasteiger partial charge in [-0.05, 0) is 12.5 Å². The van der Waals surface area contributed by atoms with Crippen molar-refractivity contribution in [2.24, 2.45) is 0 Å². The molecule has 0 aliphatic rings. The van der Waals surface area contributed by atoms with E-state index in [1.54, 1.807) is 0 Å². The molecule has 0 N–H and O–H groups in total. The molecule has 0 saturated heterocycles. The van der Waals surface area contributed by atoms with Crippen LogP contribution in [0, 0.1) is 6.92 Å². The summed E-state index contributed by atoms with van der Waals surface area (Å²) >= 11 is 0. The maximum atomic E-state index is 12.7. The molecule has 1 nitrogen and oxygen atoms in total. The highest BCUT2D eigenvalue weighted by atomic mass is 28.3. The Labute approximate surface area is 145 Å². The first kappa shape index (κ1) is 16.4. The van der Waals surface area contributed by atoms with Crippen LogP contribution >= 0.6 is 0 Å². The van der Waals surface area contributed by atoms with E-state index in [0.29, 0.717) is 0 Å². The van der Waals surface area contributed by atoms with Crippen LogP contribution < -0.4 is 10.4 Å². The van der Waals surface area contributed by atoms with Crippen LogP contribution in [0.1, 0.15) is 21.5 Å². The summed E-state index contributed by atoms with van der Waals surface area (Å²) in [5.74, 6) is 0.0961. The minimum Gasteiger partial charge on any atom is -0.289 e. The normalized spacial score (nSPS) is 11.3. The molecule has 0 aromatic heterocycles. The Kier molecular flexibility index (Phi) is 4.50. The molecule has 0 radical (unpaired) electrons. The van der Waals surface area contributed by atoms with E-state index >= 15 is 0 Å². The van der Waals surface area contributed by atoms with Crippen molar-refractivity contribution in [2.45, 2.75) is 20.0 Å². The third-order valence-electron chi connectivity index (χ3n) is 4.75. The number of ketones is 1. The molecule has 120 valence electrons. The molecule has 3 rings (SSSR count). The van der Waals surface area contributed by atoms with E-state index < -0.39 is 8.07 Å². The lowest BCUT2D eigenvalue weighted by molar-refractivity contribution is 0.103. The number of benzene rings is 3. The van der Waals surface area contributed by atoms with Gasteiger partial charge >= 0.3 is 0 Å². The molecule has 3 aromatic carbocycles. The van der Waals surface area contributed by atoms with E-state index in [1.807, 2.05) is 43.3 Å². The average Bonchev–Trinajstić information content (AvgIpc) is 2.62. The number of carbonyl (C=O) groups excluding carboxylic acids is 1. The fraction of sp³-hybridized carbons (Fsp3) is 0.136. The first-order valence-electron chi connectivity index (χ1n) is 8.26. The number of carbonyl (C=O) groups is 1. The molecule has 0 heterocycles. The van der Waals surface area contributed by atoms with Gasteiger partial charge in [0.15, 0.2) is 5.78 Å². The van der Waals surface area contributed by atoms with Gasteiger partial charge in [0, 0.05) is 11.1 Å². The van der Waals surface area contributed by atoms with Gasteiger partial charge in [-0.2, -0.15) is 0 Å². The highest BCUT2D eigenvalue weighted by Gasteiger charge is 2.25. The number of hydrogen-bond acceptors (Lipinski definition) is 1. The first-order valence-corrected chi connectivity index (χ1v) is 11.3. The summed E-state index contributed by atoms with van der Waals surface area (Å²) in [6.07, 6.45) is 0. The van der Waals surface area contributed by atoms with Gasteiger partial charge in [-0.3, -0.25) is 4.79 Å². The zero-order valence-corrected chi connectivity index (χ0v) is 15.4. The summed E-state index contributed by atoms with van der Waals surface area (Å²) in [4.78, 5) is 12.7. The summed E-state index contributed by atoms with van der Waals surface area (Å²) in [7, 11) is -1.71. The second-order valence-electron chi connectivity index (χ2n) is 6.71. The molecule has 2 heteroatoms. The topological polar surface area (TPSA) is 17.1 Å². The van der Waals surface area contributed by atoms with Gasteiger partial charge in [0.1, 0.15) is 8.07 Å². The Morgan fingerprint density at radius 3 is 1.88 bits per heavy atom. The fourth-order valence-corrected chi connectivity index (χ4v) is 5.40. The zero-order chi connectivity index (χ0) is 17.2. The summed E-state index contributed by atoms with van der Waals surface area (Å²) in [6.45, 7) is 6.67. The molecule has 0 bridgehead atoms. The van der Waals surface area contributed by atoms with Gasteiger partial charge in [0.2, 0.25) is 0 Å². The summed E-state index contributed by atoms with van der Waals surface area (Å²) in [6, 6.07) is 26.6. The minimum atomic E-state index is -1.71. The van der Waals surface area contributed by atoms with Crippen LogP contribution in [0.25, 0.3) is 0 Å². The van der Waals surface area contributed by atoms with Crippen LogP contribution in [0.5, 0.6) is 0 Å². The highest BCUT2D eigenvalue weighted by Crippen LogP contribution is 2.14. The summed E-state index contributed by atoms with van der Waals surface area (Å²) in [5.41, 5.74) is 2.56. The minimum absolute atomic E-state index is 0.0961. The predicted octanol–water partition coefficient (Wildman–Crippen LogP) is 4.05. The average molecular weight is 331 g/mol. The van der Waals surface area contributed by atoms with E-state index in [9.17, 15) is 4.79 Å². The van der Waals surface area contributed by atoms with Gasteiger partial charge < -0.3 is 0 Å². The van der Waals surface area contributed by atoms with Crippen molar-refractivity contribution in [1.29, 1.82) is 0 Å². The van der Waals surface area contributed by atoms with Crippen LogP contribution in [0.15, 0.2) is 78.9 Å². The van der Waals surface area contributed by atoms with Gasteiger partial charge in [0.25, 0.3) is 0 Å². The van der Waals surface area contributed by atoms with Crippen LogP contribution in [-0.4, -0.2) is 13.9 Å². The predicted molar refractivity (Wildman–Crippen MR) is 104 cm³/mol. The summed E-state index contributed by atoms with van der Waals surface area (Å²) in [5, 5.41) is 2.75. The van der Waals surface area contributed by atoms with Crippen molar-refractivity contribution < 1.29 is 4.79 Å².